The average Bonchev–Trinajstić information content (AvgIpc) is 2.97. The fraction of sp³-hybridized carbons (Fsp3) is 0.316. The lowest BCUT2D eigenvalue weighted by atomic mass is 10.1. The lowest BCUT2D eigenvalue weighted by Gasteiger charge is -2.25. The van der Waals surface area contributed by atoms with Crippen LogP contribution in [0, 0.1) is 0 Å². The van der Waals surface area contributed by atoms with E-state index in [4.69, 9.17) is 16.3 Å². The molecule has 8 heteroatoms. The fourth-order valence-electron chi connectivity index (χ4n) is 3.28. The standard InChI is InChI=1S/C19H21ClN2O4S/c1-13-10-14-6-4-5-7-17(14)22(13)19(23)12-21(2)27(24,25)15-8-9-18(26-3)16(20)11-15/h4-9,11,13H,10,12H2,1-3H3/t13-/m1/s1. The summed E-state index contributed by atoms with van der Waals surface area (Å²) in [4.78, 5) is 14.5. The number of ether oxygens (including phenoxy) is 1. The Morgan fingerprint density at radius 1 is 1.30 bits per heavy atom. The van der Waals surface area contributed by atoms with E-state index in [0.29, 0.717) is 5.75 Å². The number of carbonyl (C=O) groups is 1. The molecular formula is C19H21ClN2O4S. The maximum Gasteiger partial charge on any atom is 0.243 e. The molecule has 2 aromatic carbocycles. The van der Waals surface area contributed by atoms with Crippen molar-refractivity contribution in [3.8, 4) is 5.75 Å². The number of nitrogens with zero attached hydrogens (tertiary/aromatic N) is 2. The molecule has 1 atom stereocenters. The van der Waals surface area contributed by atoms with Crippen LogP contribution in [0.2, 0.25) is 5.02 Å². The minimum Gasteiger partial charge on any atom is -0.495 e. The summed E-state index contributed by atoms with van der Waals surface area (Å²) in [5.41, 5.74) is 1.93. The van der Waals surface area contributed by atoms with E-state index >= 15 is 0 Å². The Hall–Kier alpha value is -2.09. The van der Waals surface area contributed by atoms with Crippen LogP contribution in [0.1, 0.15) is 12.5 Å². The zero-order chi connectivity index (χ0) is 19.8. The Bertz CT molecular complexity index is 977. The lowest BCUT2D eigenvalue weighted by Crippen LogP contribution is -2.43. The van der Waals surface area contributed by atoms with Gasteiger partial charge in [0.2, 0.25) is 15.9 Å². The highest BCUT2D eigenvalue weighted by molar-refractivity contribution is 7.89. The summed E-state index contributed by atoms with van der Waals surface area (Å²) in [7, 11) is -1.02. The Kier molecular flexibility index (Phi) is 5.46. The van der Waals surface area contributed by atoms with Gasteiger partial charge in [-0.1, -0.05) is 29.8 Å². The first-order valence-corrected chi connectivity index (χ1v) is 10.3. The molecule has 144 valence electrons. The van der Waals surface area contributed by atoms with E-state index in [1.54, 1.807) is 4.90 Å². The monoisotopic (exact) mass is 408 g/mol. The van der Waals surface area contributed by atoms with Crippen LogP contribution in [-0.4, -0.2) is 45.4 Å². The number of amides is 1. The molecule has 27 heavy (non-hydrogen) atoms. The largest absolute Gasteiger partial charge is 0.495 e. The van der Waals surface area contributed by atoms with Crippen LogP contribution in [0.15, 0.2) is 47.4 Å². The molecule has 0 aromatic heterocycles. The number of halogens is 1. The summed E-state index contributed by atoms with van der Waals surface area (Å²) in [5.74, 6) is 0.120. The number of hydrogen-bond acceptors (Lipinski definition) is 4. The van der Waals surface area contributed by atoms with Gasteiger partial charge in [-0.15, -0.1) is 0 Å². The predicted molar refractivity (Wildman–Crippen MR) is 105 cm³/mol. The van der Waals surface area contributed by atoms with Gasteiger partial charge in [0, 0.05) is 18.8 Å². The van der Waals surface area contributed by atoms with Crippen molar-refractivity contribution in [2.24, 2.45) is 0 Å². The molecule has 0 bridgehead atoms. The van der Waals surface area contributed by atoms with Crippen LogP contribution < -0.4 is 9.64 Å². The van der Waals surface area contributed by atoms with E-state index in [0.717, 1.165) is 22.0 Å². The van der Waals surface area contributed by atoms with Crippen molar-refractivity contribution in [3.05, 3.63) is 53.1 Å². The molecule has 0 fully saturated rings. The molecule has 3 rings (SSSR count). The van der Waals surface area contributed by atoms with Crippen molar-refractivity contribution in [2.75, 3.05) is 25.6 Å². The summed E-state index contributed by atoms with van der Waals surface area (Å²) in [6, 6.07) is 11.9. The highest BCUT2D eigenvalue weighted by atomic mass is 35.5. The number of methoxy groups -OCH3 is 1. The Morgan fingerprint density at radius 2 is 2.00 bits per heavy atom. The summed E-state index contributed by atoms with van der Waals surface area (Å²) < 4.78 is 31.7. The molecule has 6 nitrogen and oxygen atoms in total. The number of para-hydroxylation sites is 1. The number of fused-ring (bicyclic) bond motifs is 1. The smallest absolute Gasteiger partial charge is 0.243 e. The third-order valence-electron chi connectivity index (χ3n) is 4.67. The van der Waals surface area contributed by atoms with Gasteiger partial charge in [-0.2, -0.15) is 4.31 Å². The summed E-state index contributed by atoms with van der Waals surface area (Å²) in [6.07, 6.45) is 0.756. The maximum atomic E-state index is 12.8. The Labute approximate surface area is 164 Å². The SMILES string of the molecule is COc1ccc(S(=O)(=O)N(C)CC(=O)N2c3ccccc3C[C@H]2C)cc1Cl. The third kappa shape index (κ3) is 3.67. The van der Waals surface area contributed by atoms with Crippen LogP contribution in [0.3, 0.4) is 0 Å². The number of anilines is 1. The molecular weight excluding hydrogens is 388 g/mol. The van der Waals surface area contributed by atoms with Crippen molar-refractivity contribution in [1.82, 2.24) is 4.31 Å². The molecule has 0 saturated carbocycles. The maximum absolute atomic E-state index is 12.8. The number of likely N-dealkylation sites (N-methyl/N-ethyl adjacent to an activating group) is 1. The number of rotatable bonds is 5. The van der Waals surface area contributed by atoms with Crippen LogP contribution >= 0.6 is 11.6 Å². The Morgan fingerprint density at radius 3 is 2.67 bits per heavy atom. The van der Waals surface area contributed by atoms with Crippen LogP contribution in [-0.2, 0) is 21.2 Å². The summed E-state index contributed by atoms with van der Waals surface area (Å²) >= 11 is 6.04. The summed E-state index contributed by atoms with van der Waals surface area (Å²) in [6.45, 7) is 1.69. The van der Waals surface area contributed by atoms with Gasteiger partial charge in [0.25, 0.3) is 0 Å². The van der Waals surface area contributed by atoms with Gasteiger partial charge in [0.1, 0.15) is 5.75 Å². The fourth-order valence-corrected chi connectivity index (χ4v) is 4.75. The first-order chi connectivity index (χ1) is 12.8. The molecule has 1 aliphatic rings. The quantitative estimate of drug-likeness (QED) is 0.762. The van der Waals surface area contributed by atoms with E-state index in [1.165, 1.54) is 32.4 Å². The second-order valence-corrected chi connectivity index (χ2v) is 8.96. The molecule has 1 amide bonds. The third-order valence-corrected chi connectivity index (χ3v) is 6.76. The molecule has 2 aromatic rings. The van der Waals surface area contributed by atoms with Crippen molar-refractivity contribution in [2.45, 2.75) is 24.3 Å². The molecule has 1 heterocycles. The van der Waals surface area contributed by atoms with Gasteiger partial charge in [-0.3, -0.25) is 4.79 Å². The van der Waals surface area contributed by atoms with Gasteiger partial charge in [0.15, 0.2) is 0 Å². The lowest BCUT2D eigenvalue weighted by molar-refractivity contribution is -0.118. The van der Waals surface area contributed by atoms with Gasteiger partial charge in [0.05, 0.1) is 23.6 Å². The molecule has 0 N–H and O–H groups in total. The van der Waals surface area contributed by atoms with Gasteiger partial charge >= 0.3 is 0 Å². The number of hydrogen-bond donors (Lipinski definition) is 0. The van der Waals surface area contributed by atoms with Crippen molar-refractivity contribution in [3.63, 3.8) is 0 Å². The van der Waals surface area contributed by atoms with Gasteiger partial charge in [-0.25, -0.2) is 8.42 Å². The van der Waals surface area contributed by atoms with E-state index in [-0.39, 0.29) is 28.4 Å². The number of carbonyl (C=O) groups excluding carboxylic acids is 1. The predicted octanol–water partition coefficient (Wildman–Crippen LogP) is 2.95. The van der Waals surface area contributed by atoms with Crippen molar-refractivity contribution < 1.29 is 17.9 Å². The molecule has 0 unspecified atom stereocenters. The van der Waals surface area contributed by atoms with E-state index in [1.807, 2.05) is 31.2 Å². The van der Waals surface area contributed by atoms with E-state index < -0.39 is 10.0 Å². The normalized spacial score (nSPS) is 16.5. The number of sulfonamides is 1. The molecule has 0 radical (unpaired) electrons. The minimum absolute atomic E-state index is 0.0125. The van der Waals surface area contributed by atoms with Gasteiger partial charge < -0.3 is 9.64 Å². The molecule has 0 aliphatic carbocycles. The zero-order valence-electron chi connectivity index (χ0n) is 15.3. The average molecular weight is 409 g/mol. The number of benzene rings is 2. The topological polar surface area (TPSA) is 66.9 Å². The molecule has 1 aliphatic heterocycles. The van der Waals surface area contributed by atoms with Crippen LogP contribution in [0.5, 0.6) is 5.75 Å². The molecule has 0 saturated heterocycles. The Balaban J connectivity index is 1.81. The summed E-state index contributed by atoms with van der Waals surface area (Å²) in [5, 5.41) is 0.195. The second-order valence-electron chi connectivity index (χ2n) is 6.50. The molecule has 0 spiro atoms. The first kappa shape index (κ1) is 19.7. The van der Waals surface area contributed by atoms with Crippen LogP contribution in [0.4, 0.5) is 5.69 Å². The highest BCUT2D eigenvalue weighted by Crippen LogP contribution is 2.32. The van der Waals surface area contributed by atoms with Crippen molar-refractivity contribution in [1.29, 1.82) is 0 Å². The minimum atomic E-state index is -3.86. The van der Waals surface area contributed by atoms with E-state index in [2.05, 4.69) is 0 Å². The van der Waals surface area contributed by atoms with Crippen molar-refractivity contribution >= 4 is 33.2 Å². The first-order valence-electron chi connectivity index (χ1n) is 8.45. The highest BCUT2D eigenvalue weighted by Gasteiger charge is 2.33. The zero-order valence-corrected chi connectivity index (χ0v) is 16.9. The van der Waals surface area contributed by atoms with Crippen LogP contribution in [0.25, 0.3) is 0 Å². The van der Waals surface area contributed by atoms with Gasteiger partial charge in [-0.05, 0) is 43.2 Å². The second kappa shape index (κ2) is 7.50. The van der Waals surface area contributed by atoms with E-state index in [9.17, 15) is 13.2 Å².